The van der Waals surface area contributed by atoms with Crippen molar-refractivity contribution in [3.05, 3.63) is 41.5 Å². The van der Waals surface area contributed by atoms with Crippen LogP contribution in [0.1, 0.15) is 11.1 Å². The normalized spacial score (nSPS) is 12.2. The molecule has 13 heavy (non-hydrogen) atoms. The molecule has 3 heteroatoms. The summed E-state index contributed by atoms with van der Waals surface area (Å²) >= 11 is 0. The summed E-state index contributed by atoms with van der Waals surface area (Å²) in [5, 5.41) is 18.1. The quantitative estimate of drug-likeness (QED) is 0.468. The summed E-state index contributed by atoms with van der Waals surface area (Å²) in [5.41, 5.74) is 2.35. The molecule has 0 spiro atoms. The highest BCUT2D eigenvalue weighted by atomic mass is 16.4. The molecule has 0 aromatic heterocycles. The highest BCUT2D eigenvalue weighted by Gasteiger charge is 2.22. The Balaban J connectivity index is 2.60. The average molecular weight is 171 g/mol. The lowest BCUT2D eigenvalue weighted by Crippen LogP contribution is -2.32. The molecule has 1 aromatic carbocycles. The van der Waals surface area contributed by atoms with Crippen LogP contribution in [0.4, 0.5) is 0 Å². The van der Waals surface area contributed by atoms with Gasteiger partial charge in [0.05, 0.1) is 17.2 Å². The van der Waals surface area contributed by atoms with Gasteiger partial charge in [0.15, 0.2) is 0 Å². The number of allylic oxidation sites excluding steroid dienone is 2. The molecule has 1 aliphatic rings. The molecule has 0 unspecified atom stereocenters. The van der Waals surface area contributed by atoms with Gasteiger partial charge in [0, 0.05) is 11.5 Å². The largest absolute Gasteiger partial charge is 0.503 e. The molecule has 0 saturated heterocycles. The topological polar surface area (TPSA) is 40.5 Å². The summed E-state index contributed by atoms with van der Waals surface area (Å²) < 4.78 is 0. The van der Waals surface area contributed by atoms with Crippen LogP contribution in [0.3, 0.4) is 0 Å². The van der Waals surface area contributed by atoms with Crippen LogP contribution in [-0.2, 0) is 0 Å². The Morgan fingerprint density at radius 2 is 2.08 bits per heavy atom. The molecule has 2 N–H and O–H groups in total. The van der Waals surface area contributed by atoms with Crippen LogP contribution < -0.4 is 5.46 Å². The SMILES string of the molecule is OB(O)c1cccc2c1C=[C+]C=C2. The number of hydrogen-bond acceptors (Lipinski definition) is 2. The third-order valence-corrected chi connectivity index (χ3v) is 2.04. The minimum Gasteiger partial charge on any atom is -0.422 e. The molecule has 0 amide bonds. The molecule has 2 nitrogen and oxygen atoms in total. The molecule has 0 saturated carbocycles. The zero-order valence-corrected chi connectivity index (χ0v) is 6.94. The second-order valence-corrected chi connectivity index (χ2v) is 2.87. The predicted molar refractivity (Wildman–Crippen MR) is 53.0 cm³/mol. The van der Waals surface area contributed by atoms with E-state index in [2.05, 4.69) is 6.08 Å². The van der Waals surface area contributed by atoms with Crippen LogP contribution >= 0.6 is 0 Å². The zero-order chi connectivity index (χ0) is 9.26. The maximum atomic E-state index is 9.06. The van der Waals surface area contributed by atoms with Crippen LogP contribution in [0.15, 0.2) is 24.3 Å². The summed E-state index contributed by atoms with van der Waals surface area (Å²) in [6.45, 7) is 0. The standard InChI is InChI=1S/C10H8BO2/c12-11(13)10-7-3-5-8-4-1-2-6-9(8)10/h1,3-7,12-13H/q+1. The lowest BCUT2D eigenvalue weighted by Gasteiger charge is -2.02. The van der Waals surface area contributed by atoms with Crippen LogP contribution in [0, 0.1) is 6.08 Å². The number of fused-ring (bicyclic) bond motifs is 1. The maximum Gasteiger partial charge on any atom is 0.503 e. The summed E-state index contributed by atoms with van der Waals surface area (Å²) in [5.74, 6) is 0. The summed E-state index contributed by atoms with van der Waals surface area (Å²) in [6.07, 6.45) is 8.35. The lowest BCUT2D eigenvalue weighted by molar-refractivity contribution is 0.425. The zero-order valence-electron chi connectivity index (χ0n) is 6.94. The monoisotopic (exact) mass is 171 g/mol. The molecule has 0 bridgehead atoms. The molecular weight excluding hydrogens is 163 g/mol. The highest BCUT2D eigenvalue weighted by Crippen LogP contribution is 2.14. The van der Waals surface area contributed by atoms with Crippen molar-refractivity contribution < 1.29 is 10.0 Å². The van der Waals surface area contributed by atoms with E-state index in [1.54, 1.807) is 24.3 Å². The Bertz CT molecular complexity index is 381. The van der Waals surface area contributed by atoms with Crippen molar-refractivity contribution in [3.8, 4) is 0 Å². The highest BCUT2D eigenvalue weighted by molar-refractivity contribution is 6.59. The number of benzene rings is 1. The van der Waals surface area contributed by atoms with Crippen molar-refractivity contribution in [1.82, 2.24) is 0 Å². The van der Waals surface area contributed by atoms with Gasteiger partial charge >= 0.3 is 7.12 Å². The average Bonchev–Trinajstić information content (AvgIpc) is 2.17. The Morgan fingerprint density at radius 3 is 2.85 bits per heavy atom. The fourth-order valence-electron chi connectivity index (χ4n) is 1.41. The lowest BCUT2D eigenvalue weighted by atomic mass is 9.75. The van der Waals surface area contributed by atoms with Gasteiger partial charge in [-0.2, -0.15) is 0 Å². The van der Waals surface area contributed by atoms with Gasteiger partial charge in [-0.15, -0.1) is 0 Å². The van der Waals surface area contributed by atoms with E-state index in [4.69, 9.17) is 10.0 Å². The minimum atomic E-state index is -1.42. The molecule has 0 radical (unpaired) electrons. The molecule has 0 fully saturated rings. The van der Waals surface area contributed by atoms with Gasteiger partial charge in [0.25, 0.3) is 0 Å². The maximum absolute atomic E-state index is 9.06. The fraction of sp³-hybridized carbons (Fsp3) is 0. The van der Waals surface area contributed by atoms with Crippen molar-refractivity contribution in [2.45, 2.75) is 0 Å². The number of hydrogen-bond donors (Lipinski definition) is 2. The molecular formula is C10H8BO2+. The van der Waals surface area contributed by atoms with Crippen molar-refractivity contribution in [1.29, 1.82) is 0 Å². The van der Waals surface area contributed by atoms with Crippen molar-refractivity contribution in [3.63, 3.8) is 0 Å². The Kier molecular flexibility index (Phi) is 1.99. The minimum absolute atomic E-state index is 0.523. The molecule has 0 atom stereocenters. The summed E-state index contributed by atoms with van der Waals surface area (Å²) in [7, 11) is -1.42. The third-order valence-electron chi connectivity index (χ3n) is 2.04. The first-order chi connectivity index (χ1) is 6.29. The molecule has 0 heterocycles. The van der Waals surface area contributed by atoms with Gasteiger partial charge in [0.1, 0.15) is 12.2 Å². The van der Waals surface area contributed by atoms with E-state index in [9.17, 15) is 0 Å². The van der Waals surface area contributed by atoms with E-state index in [1.807, 2.05) is 12.1 Å². The van der Waals surface area contributed by atoms with Crippen LogP contribution in [0.5, 0.6) is 0 Å². The van der Waals surface area contributed by atoms with E-state index in [-0.39, 0.29) is 0 Å². The Hall–Kier alpha value is -1.41. The number of rotatable bonds is 1. The van der Waals surface area contributed by atoms with Crippen LogP contribution in [-0.4, -0.2) is 17.2 Å². The third kappa shape index (κ3) is 1.41. The van der Waals surface area contributed by atoms with Crippen molar-refractivity contribution in [2.75, 3.05) is 0 Å². The van der Waals surface area contributed by atoms with E-state index in [1.165, 1.54) is 0 Å². The van der Waals surface area contributed by atoms with E-state index >= 15 is 0 Å². The molecule has 1 aliphatic carbocycles. The summed E-state index contributed by atoms with van der Waals surface area (Å²) in [6, 6.07) is 5.42. The first kappa shape index (κ1) is 8.20. The van der Waals surface area contributed by atoms with Gasteiger partial charge < -0.3 is 10.0 Å². The first-order valence-corrected chi connectivity index (χ1v) is 4.04. The Morgan fingerprint density at radius 1 is 1.23 bits per heavy atom. The second kappa shape index (κ2) is 3.15. The van der Waals surface area contributed by atoms with Crippen LogP contribution in [0.25, 0.3) is 12.2 Å². The molecule has 62 valence electrons. The Labute approximate surface area is 77.0 Å². The molecule has 0 aliphatic heterocycles. The van der Waals surface area contributed by atoms with Gasteiger partial charge in [-0.25, -0.2) is 0 Å². The molecule has 1 aromatic rings. The van der Waals surface area contributed by atoms with Gasteiger partial charge in [0.2, 0.25) is 0 Å². The summed E-state index contributed by atoms with van der Waals surface area (Å²) in [4.78, 5) is 0. The molecule has 2 rings (SSSR count). The fourth-order valence-corrected chi connectivity index (χ4v) is 1.41. The van der Waals surface area contributed by atoms with E-state index < -0.39 is 7.12 Å². The van der Waals surface area contributed by atoms with Gasteiger partial charge in [-0.1, -0.05) is 6.07 Å². The van der Waals surface area contributed by atoms with Gasteiger partial charge in [-0.3, -0.25) is 0 Å². The first-order valence-electron chi connectivity index (χ1n) is 4.04. The van der Waals surface area contributed by atoms with Crippen molar-refractivity contribution in [2.24, 2.45) is 0 Å². The van der Waals surface area contributed by atoms with Gasteiger partial charge in [-0.05, 0) is 12.1 Å². The predicted octanol–water partition coefficient (Wildman–Crippen LogP) is 0.210. The second-order valence-electron chi connectivity index (χ2n) is 2.87. The van der Waals surface area contributed by atoms with E-state index in [0.29, 0.717) is 5.46 Å². The van der Waals surface area contributed by atoms with Crippen LogP contribution in [0.2, 0.25) is 0 Å². The van der Waals surface area contributed by atoms with E-state index in [0.717, 1.165) is 11.1 Å². The smallest absolute Gasteiger partial charge is 0.422 e. The van der Waals surface area contributed by atoms with Crippen molar-refractivity contribution >= 4 is 24.7 Å².